The Hall–Kier alpha value is -6.87. The summed E-state index contributed by atoms with van der Waals surface area (Å²) < 4.78 is 106. The fraction of sp³-hybridized carbons (Fsp3) is 0.301. The fourth-order valence-electron chi connectivity index (χ4n) is 11.3. The fourth-order valence-corrected chi connectivity index (χ4v) is 19.0. The van der Waals surface area contributed by atoms with Gasteiger partial charge in [0.15, 0.2) is 0 Å². The van der Waals surface area contributed by atoms with Crippen LogP contribution in [0.3, 0.4) is 0 Å². The average molecular weight is 1860 g/mol. The van der Waals surface area contributed by atoms with Crippen LogP contribution in [0.5, 0.6) is 0 Å². The Kier molecular flexibility index (Phi) is 29.3. The van der Waals surface area contributed by atoms with Crippen LogP contribution in [0.2, 0.25) is 0 Å². The minimum atomic E-state index is -3.89. The number of aryl methyl sites for hydroxylation is 3. The molecule has 0 bridgehead atoms. The second-order valence-corrected chi connectivity index (χ2v) is 36.7. The average Bonchev–Trinajstić information content (AvgIpc) is 1.32. The highest BCUT2D eigenvalue weighted by Crippen LogP contribution is 2.35. The first-order valence-electron chi connectivity index (χ1n) is 32.4. The predicted octanol–water partition coefficient (Wildman–Crippen LogP) is 14.4. The lowest BCUT2D eigenvalue weighted by molar-refractivity contribution is 0.0684. The zero-order valence-corrected chi connectivity index (χ0v) is 68.7. The van der Waals surface area contributed by atoms with Crippen molar-refractivity contribution < 1.29 is 78.1 Å². The largest absolute Gasteiger partial charge is 0.478 e. The number of carbonyl (C=O) groups excluding carboxylic acids is 1. The zero-order valence-electron chi connectivity index (χ0n) is 58.2. The molecule has 3 fully saturated rings. The number of halogens is 4. The molecule has 0 radical (unpaired) electrons. The van der Waals surface area contributed by atoms with E-state index in [0.29, 0.717) is 85.6 Å². The summed E-state index contributed by atoms with van der Waals surface area (Å²) in [4.78, 5) is 66.1. The standard InChI is InChI=1S/C26H30N4O3S.C19H21NO4S.C12H14INO4S.C8H6ClIO4S.C8H7IO2/c1-17-7-9-21(10-8-17)24-13-23(34(32,33)30-11-5-6-12-30)14-25(18(24)2)26(31)29-19(3)22-15-27-20(4)28-16-22;1-13-5-7-15(8-6-13)17-11-16(12-18(14(17)2)19(21)22)25(23,24)20-9-3-4-10-20;1-8-10(12(15)16)6-9(7-11(8)13)19(17,18)14-4-2-3-5-14;1-4-6(8(11)12)2-5(3-7(4)10)15(9,13)14;1-5-6(8(10)11)3-2-4-7(5)9/h7-10,13-16,19H,5-6,11-12H2,1-4H3,(H,29,31);5-8,11-12H,3-4,9-10H2,1-2H3,(H,21,22);6-7H,2-5H2,1H3,(H,15,16);2-3H,1H3,(H,11,12);2-4H,1H3,(H,10,11)/t19-;;;;/m1..../s1. The van der Waals surface area contributed by atoms with Crippen molar-refractivity contribution in [2.75, 3.05) is 39.3 Å². The molecule has 5 N–H and O–H groups in total. The predicted molar refractivity (Wildman–Crippen MR) is 422 cm³/mol. The summed E-state index contributed by atoms with van der Waals surface area (Å²) in [6, 6.07) is 31.7. The van der Waals surface area contributed by atoms with Crippen LogP contribution in [0.25, 0.3) is 22.3 Å². The van der Waals surface area contributed by atoms with Crippen molar-refractivity contribution >= 4 is 147 Å². The number of rotatable bonds is 16. The van der Waals surface area contributed by atoms with Gasteiger partial charge in [0.1, 0.15) is 5.82 Å². The van der Waals surface area contributed by atoms with Crippen molar-refractivity contribution in [2.24, 2.45) is 0 Å². The van der Waals surface area contributed by atoms with E-state index in [2.05, 4.69) is 37.9 Å². The second-order valence-electron chi connectivity index (χ2n) is 24.8. The number of carboxylic acid groups (broad SMARTS) is 4. The summed E-state index contributed by atoms with van der Waals surface area (Å²) in [7, 11) is -9.71. The molecule has 554 valence electrons. The summed E-state index contributed by atoms with van der Waals surface area (Å²) in [5.41, 5.74) is 10.0. The molecule has 3 aliphatic heterocycles. The van der Waals surface area contributed by atoms with E-state index in [-0.39, 0.29) is 48.2 Å². The number of hydrogen-bond donors (Lipinski definition) is 5. The van der Waals surface area contributed by atoms with Crippen molar-refractivity contribution in [3.8, 4) is 22.3 Å². The Balaban J connectivity index is 0.000000191. The number of nitrogens with zero attached hydrogens (tertiary/aromatic N) is 5. The molecule has 0 aliphatic carbocycles. The normalized spacial score (nSPS) is 14.4. The quantitative estimate of drug-likeness (QED) is 0.0443. The van der Waals surface area contributed by atoms with Crippen molar-refractivity contribution in [2.45, 2.75) is 126 Å². The van der Waals surface area contributed by atoms with Crippen LogP contribution in [-0.4, -0.2) is 146 Å². The van der Waals surface area contributed by atoms with Crippen molar-refractivity contribution in [3.63, 3.8) is 0 Å². The molecule has 1 atom stereocenters. The van der Waals surface area contributed by atoms with Gasteiger partial charge in [0.05, 0.1) is 47.9 Å². The summed E-state index contributed by atoms with van der Waals surface area (Å²) in [5.74, 6) is -3.94. The topological polar surface area (TPSA) is 350 Å². The smallest absolute Gasteiger partial charge is 0.336 e. The van der Waals surface area contributed by atoms with E-state index in [0.717, 1.165) is 92.7 Å². The molecule has 3 saturated heterocycles. The molecule has 104 heavy (non-hydrogen) atoms. The van der Waals surface area contributed by atoms with Gasteiger partial charge in [-0.1, -0.05) is 65.7 Å². The van der Waals surface area contributed by atoms with Gasteiger partial charge in [0.2, 0.25) is 30.1 Å². The third-order valence-electron chi connectivity index (χ3n) is 17.6. The van der Waals surface area contributed by atoms with E-state index in [9.17, 15) is 62.8 Å². The van der Waals surface area contributed by atoms with Crippen LogP contribution in [0.4, 0.5) is 0 Å². The van der Waals surface area contributed by atoms with Crippen LogP contribution < -0.4 is 5.32 Å². The number of benzene rings is 7. The summed E-state index contributed by atoms with van der Waals surface area (Å²) in [6.45, 7) is 19.3. The molecular formula is C73H78ClI3N6O17S4. The molecule has 11 rings (SSSR count). The molecule has 3 aliphatic rings. The van der Waals surface area contributed by atoms with Gasteiger partial charge in [0, 0.05) is 84.2 Å². The highest BCUT2D eigenvalue weighted by molar-refractivity contribution is 14.1. The molecule has 7 aromatic carbocycles. The zero-order chi connectivity index (χ0) is 77.1. The molecule has 4 heterocycles. The van der Waals surface area contributed by atoms with Gasteiger partial charge in [-0.25, -0.2) is 62.8 Å². The summed E-state index contributed by atoms with van der Waals surface area (Å²) in [5, 5.41) is 39.2. The molecule has 1 aromatic heterocycles. The van der Waals surface area contributed by atoms with Gasteiger partial charge in [0.25, 0.3) is 15.0 Å². The minimum absolute atomic E-state index is 0.0239. The molecule has 1 amide bonds. The number of amides is 1. The van der Waals surface area contributed by atoms with Crippen LogP contribution in [-0.2, 0) is 39.1 Å². The summed E-state index contributed by atoms with van der Waals surface area (Å²) in [6.07, 6.45) is 8.45. The molecule has 0 spiro atoms. The monoisotopic (exact) mass is 1850 g/mol. The Morgan fingerprint density at radius 2 is 0.740 bits per heavy atom. The van der Waals surface area contributed by atoms with E-state index in [4.69, 9.17) is 26.0 Å². The first kappa shape index (κ1) is 84.4. The molecule has 31 heteroatoms. The van der Waals surface area contributed by atoms with E-state index in [1.54, 1.807) is 64.4 Å². The Morgan fingerprint density at radius 3 is 1.10 bits per heavy atom. The maximum absolute atomic E-state index is 13.4. The number of hydrogen-bond acceptors (Lipinski definition) is 15. The third kappa shape index (κ3) is 21.0. The van der Waals surface area contributed by atoms with E-state index >= 15 is 0 Å². The first-order chi connectivity index (χ1) is 48.7. The highest BCUT2D eigenvalue weighted by atomic mass is 127. The van der Waals surface area contributed by atoms with Crippen molar-refractivity contribution in [1.29, 1.82) is 0 Å². The number of nitrogens with one attached hydrogen (secondary N) is 1. The van der Waals surface area contributed by atoms with Crippen molar-refractivity contribution in [1.82, 2.24) is 28.2 Å². The lowest BCUT2D eigenvalue weighted by Gasteiger charge is -2.20. The molecule has 8 aromatic rings. The minimum Gasteiger partial charge on any atom is -0.478 e. The Morgan fingerprint density at radius 1 is 0.423 bits per heavy atom. The number of aromatic nitrogens is 2. The number of carbonyl (C=O) groups is 5. The van der Waals surface area contributed by atoms with Gasteiger partial charge in [-0.05, 0) is 279 Å². The molecule has 0 saturated carbocycles. The van der Waals surface area contributed by atoms with Gasteiger partial charge in [-0.15, -0.1) is 0 Å². The maximum atomic E-state index is 13.4. The molecular weight excluding hydrogens is 1780 g/mol. The van der Waals surface area contributed by atoms with Gasteiger partial charge < -0.3 is 25.7 Å². The van der Waals surface area contributed by atoms with E-state index < -0.39 is 63.0 Å². The van der Waals surface area contributed by atoms with E-state index in [1.165, 1.54) is 43.2 Å². The van der Waals surface area contributed by atoms with Crippen LogP contribution >= 0.6 is 78.5 Å². The van der Waals surface area contributed by atoms with Gasteiger partial charge in [-0.3, -0.25) is 4.79 Å². The van der Waals surface area contributed by atoms with Gasteiger partial charge >= 0.3 is 23.9 Å². The lowest BCUT2D eigenvalue weighted by atomic mass is 9.95. The molecule has 0 unspecified atom stereocenters. The third-order valence-corrected chi connectivity index (χ3v) is 28.0. The van der Waals surface area contributed by atoms with Gasteiger partial charge in [-0.2, -0.15) is 12.9 Å². The van der Waals surface area contributed by atoms with Crippen molar-refractivity contribution in [3.05, 3.63) is 217 Å². The van der Waals surface area contributed by atoms with Crippen LogP contribution in [0, 0.1) is 66.1 Å². The number of aromatic carboxylic acids is 4. The molecule has 23 nitrogen and oxygen atoms in total. The van der Waals surface area contributed by atoms with E-state index in [1.807, 2.05) is 134 Å². The summed E-state index contributed by atoms with van der Waals surface area (Å²) >= 11 is 5.95. The Labute approximate surface area is 651 Å². The number of sulfonamides is 3. The first-order valence-corrected chi connectivity index (χ1v) is 42.3. The lowest BCUT2D eigenvalue weighted by Crippen LogP contribution is -2.30. The highest BCUT2D eigenvalue weighted by Gasteiger charge is 2.33. The SMILES string of the molecule is Cc1c(I)cc(S(=O)(=O)Cl)cc1C(=O)O.Cc1c(I)cc(S(=O)(=O)N2CCCC2)cc1C(=O)O.Cc1c(I)cccc1C(=O)O.Cc1ccc(-c2cc(S(=O)(=O)N3CCCC3)cc(C(=O)N[C@H](C)c3cnc(C)nc3)c2C)cc1.Cc1ccc(-c2cc(S(=O)(=O)N3CCCC3)cc(C(=O)O)c2C)cc1. The number of carboxylic acids is 4. The van der Waals surface area contributed by atoms with Crippen LogP contribution in [0.1, 0.15) is 154 Å². The Bertz CT molecular complexity index is 5060. The van der Waals surface area contributed by atoms with Crippen LogP contribution in [0.15, 0.2) is 147 Å². The second kappa shape index (κ2) is 36.1. The maximum Gasteiger partial charge on any atom is 0.336 e.